The van der Waals surface area contributed by atoms with E-state index in [-0.39, 0.29) is 13.0 Å². The summed E-state index contributed by atoms with van der Waals surface area (Å²) in [7, 11) is 0. The number of allylic oxidation sites excluding steroid dienone is 1. The molecule has 0 spiro atoms. The zero-order valence-corrected chi connectivity index (χ0v) is 11.3. The number of esters is 1. The fourth-order valence-corrected chi connectivity index (χ4v) is 1.75. The molecule has 0 radical (unpaired) electrons. The molecule has 0 saturated carbocycles. The molecule has 0 amide bonds. The summed E-state index contributed by atoms with van der Waals surface area (Å²) in [6, 6.07) is 17.3. The number of carbonyl (C=O) groups is 1. The van der Waals surface area contributed by atoms with Gasteiger partial charge in [-0.3, -0.25) is 0 Å². The fraction of sp³-hybridized carbons (Fsp3) is 0.118. The summed E-state index contributed by atoms with van der Waals surface area (Å²) in [6.07, 6.45) is -0.271. The Bertz CT molecular complexity index is 622. The minimum absolute atomic E-state index is 0.0916. The lowest BCUT2D eigenvalue weighted by molar-refractivity contribution is -0.142. The lowest BCUT2D eigenvalue weighted by Crippen LogP contribution is -2.07. The highest BCUT2D eigenvalue weighted by atomic mass is 19.2. The van der Waals surface area contributed by atoms with Gasteiger partial charge in [-0.15, -0.1) is 0 Å². The van der Waals surface area contributed by atoms with Crippen LogP contribution in [0.25, 0.3) is 0 Å². The lowest BCUT2D eigenvalue weighted by atomic mass is 10.1. The van der Waals surface area contributed by atoms with Crippen molar-refractivity contribution in [1.29, 1.82) is 0 Å². The van der Waals surface area contributed by atoms with Gasteiger partial charge in [-0.2, -0.15) is 4.39 Å². The highest BCUT2D eigenvalue weighted by Gasteiger charge is 2.17. The minimum Gasteiger partial charge on any atom is -0.455 e. The van der Waals surface area contributed by atoms with Crippen molar-refractivity contribution in [2.75, 3.05) is 0 Å². The zero-order chi connectivity index (χ0) is 15.1. The molecular formula is C17H14F2O2. The van der Waals surface area contributed by atoms with Crippen LogP contribution in [-0.4, -0.2) is 5.97 Å². The van der Waals surface area contributed by atoms with Crippen LogP contribution in [0.15, 0.2) is 72.3 Å². The van der Waals surface area contributed by atoms with Gasteiger partial charge in [-0.25, -0.2) is 9.18 Å². The van der Waals surface area contributed by atoms with Crippen LogP contribution in [0.3, 0.4) is 0 Å². The second-order valence-corrected chi connectivity index (χ2v) is 4.44. The molecule has 0 aliphatic carbocycles. The zero-order valence-electron chi connectivity index (χ0n) is 11.3. The van der Waals surface area contributed by atoms with E-state index in [1.165, 1.54) is 0 Å². The predicted molar refractivity (Wildman–Crippen MR) is 75.6 cm³/mol. The van der Waals surface area contributed by atoms with Crippen molar-refractivity contribution in [2.45, 2.75) is 13.0 Å². The monoisotopic (exact) mass is 288 g/mol. The lowest BCUT2D eigenvalue weighted by Gasteiger charge is -2.04. The van der Waals surface area contributed by atoms with Crippen molar-refractivity contribution in [3.63, 3.8) is 0 Å². The molecule has 0 heterocycles. The van der Waals surface area contributed by atoms with Crippen molar-refractivity contribution < 1.29 is 18.3 Å². The molecule has 2 nitrogen and oxygen atoms in total. The van der Waals surface area contributed by atoms with Crippen LogP contribution in [0.5, 0.6) is 0 Å². The number of hydrogen-bond donors (Lipinski definition) is 0. The average molecular weight is 288 g/mol. The van der Waals surface area contributed by atoms with Gasteiger partial charge in [0.1, 0.15) is 12.4 Å². The van der Waals surface area contributed by atoms with Crippen molar-refractivity contribution in [2.24, 2.45) is 0 Å². The van der Waals surface area contributed by atoms with Crippen molar-refractivity contribution in [1.82, 2.24) is 0 Å². The third-order valence-corrected chi connectivity index (χ3v) is 2.83. The summed E-state index contributed by atoms with van der Waals surface area (Å²) in [6.45, 7) is -0.0916. The molecule has 0 aliphatic rings. The Balaban J connectivity index is 1.96. The third-order valence-electron chi connectivity index (χ3n) is 2.83. The Labute approximate surface area is 121 Å². The number of benzene rings is 2. The normalized spacial score (nSPS) is 11.7. The van der Waals surface area contributed by atoms with Crippen LogP contribution in [0.1, 0.15) is 11.1 Å². The van der Waals surface area contributed by atoms with Gasteiger partial charge in [0.15, 0.2) is 0 Å². The molecular weight excluding hydrogens is 274 g/mol. The van der Waals surface area contributed by atoms with Crippen LogP contribution in [-0.2, 0) is 22.6 Å². The summed E-state index contributed by atoms with van der Waals surface area (Å²) in [5.74, 6) is -3.89. The van der Waals surface area contributed by atoms with Crippen LogP contribution < -0.4 is 0 Å². The highest BCUT2D eigenvalue weighted by molar-refractivity contribution is 5.86. The number of rotatable bonds is 5. The summed E-state index contributed by atoms with van der Waals surface area (Å²) < 4.78 is 32.0. The first kappa shape index (κ1) is 14.9. The smallest absolute Gasteiger partial charge is 0.370 e. The second-order valence-electron chi connectivity index (χ2n) is 4.44. The summed E-state index contributed by atoms with van der Waals surface area (Å²) in [5.41, 5.74) is 1.29. The van der Waals surface area contributed by atoms with Gasteiger partial charge >= 0.3 is 5.97 Å². The van der Waals surface area contributed by atoms with E-state index in [0.717, 1.165) is 0 Å². The molecule has 0 unspecified atom stereocenters. The molecule has 0 fully saturated rings. The van der Waals surface area contributed by atoms with Gasteiger partial charge in [-0.1, -0.05) is 60.7 Å². The SMILES string of the molecule is O=C(OCc1ccccc1)/C(F)=C(/F)Cc1ccccc1. The molecule has 0 N–H and O–H groups in total. The first-order chi connectivity index (χ1) is 10.2. The van der Waals surface area contributed by atoms with Crippen molar-refractivity contribution >= 4 is 5.97 Å². The summed E-state index contributed by atoms with van der Waals surface area (Å²) >= 11 is 0. The van der Waals surface area contributed by atoms with E-state index in [1.807, 2.05) is 6.07 Å². The van der Waals surface area contributed by atoms with E-state index < -0.39 is 17.6 Å². The molecule has 21 heavy (non-hydrogen) atoms. The van der Waals surface area contributed by atoms with Crippen molar-refractivity contribution in [3.05, 3.63) is 83.4 Å². The molecule has 108 valence electrons. The van der Waals surface area contributed by atoms with Gasteiger partial charge in [0.05, 0.1) is 0 Å². The molecule has 2 aromatic carbocycles. The Morgan fingerprint density at radius 2 is 1.38 bits per heavy atom. The van der Waals surface area contributed by atoms with Crippen molar-refractivity contribution in [3.8, 4) is 0 Å². The molecule has 2 rings (SSSR count). The van der Waals surface area contributed by atoms with E-state index in [2.05, 4.69) is 0 Å². The molecule has 2 aromatic rings. The quantitative estimate of drug-likeness (QED) is 0.611. The number of hydrogen-bond acceptors (Lipinski definition) is 2. The minimum atomic E-state index is -1.48. The fourth-order valence-electron chi connectivity index (χ4n) is 1.75. The average Bonchev–Trinajstić information content (AvgIpc) is 2.53. The number of halogens is 2. The van der Waals surface area contributed by atoms with E-state index in [1.54, 1.807) is 54.6 Å². The molecule has 4 heteroatoms. The molecule has 0 aliphatic heterocycles. The Kier molecular flexibility index (Phi) is 5.21. The van der Waals surface area contributed by atoms with Gasteiger partial charge < -0.3 is 4.74 Å². The van der Waals surface area contributed by atoms with Gasteiger partial charge in [-0.05, 0) is 11.1 Å². The van der Waals surface area contributed by atoms with E-state index in [4.69, 9.17) is 4.74 Å². The maximum Gasteiger partial charge on any atom is 0.370 e. The first-order valence-electron chi connectivity index (χ1n) is 6.46. The van der Waals surface area contributed by atoms with Crippen LogP contribution >= 0.6 is 0 Å². The third kappa shape index (κ3) is 4.53. The molecule has 0 bridgehead atoms. The topological polar surface area (TPSA) is 26.3 Å². The predicted octanol–water partition coefficient (Wildman–Crippen LogP) is 4.12. The van der Waals surface area contributed by atoms with Gasteiger partial charge in [0.2, 0.25) is 5.83 Å². The summed E-state index contributed by atoms with van der Waals surface area (Å²) in [4.78, 5) is 11.5. The van der Waals surface area contributed by atoms with E-state index in [0.29, 0.717) is 11.1 Å². The second kappa shape index (κ2) is 7.33. The standard InChI is InChI=1S/C17H14F2O2/c18-15(11-13-7-3-1-4-8-13)16(19)17(20)21-12-14-9-5-2-6-10-14/h1-10H,11-12H2/b16-15-. The number of ether oxygens (including phenoxy) is 1. The van der Waals surface area contributed by atoms with E-state index in [9.17, 15) is 13.6 Å². The van der Waals surface area contributed by atoms with Crippen LogP contribution in [0, 0.1) is 0 Å². The number of carbonyl (C=O) groups excluding carboxylic acids is 1. The van der Waals surface area contributed by atoms with Crippen LogP contribution in [0.2, 0.25) is 0 Å². The highest BCUT2D eigenvalue weighted by Crippen LogP contribution is 2.16. The maximum absolute atomic E-state index is 13.7. The Morgan fingerprint density at radius 3 is 1.95 bits per heavy atom. The first-order valence-corrected chi connectivity index (χ1v) is 6.46. The maximum atomic E-state index is 13.7. The molecule has 0 atom stereocenters. The summed E-state index contributed by atoms with van der Waals surface area (Å²) in [5, 5.41) is 0. The molecule has 0 saturated heterocycles. The van der Waals surface area contributed by atoms with Gasteiger partial charge in [0.25, 0.3) is 0 Å². The largest absolute Gasteiger partial charge is 0.455 e. The Hall–Kier alpha value is -2.49. The Morgan fingerprint density at radius 1 is 0.857 bits per heavy atom. The van der Waals surface area contributed by atoms with E-state index >= 15 is 0 Å². The molecule has 0 aromatic heterocycles. The van der Waals surface area contributed by atoms with Gasteiger partial charge in [0, 0.05) is 6.42 Å². The van der Waals surface area contributed by atoms with Crippen LogP contribution in [0.4, 0.5) is 8.78 Å².